The zero-order chi connectivity index (χ0) is 20.8. The van der Waals surface area contributed by atoms with Crippen LogP contribution in [0.3, 0.4) is 0 Å². The van der Waals surface area contributed by atoms with E-state index in [1.165, 1.54) is 97.2 Å². The Labute approximate surface area is 175 Å². The molecule has 28 heavy (non-hydrogen) atoms. The highest BCUT2D eigenvalue weighted by molar-refractivity contribution is 5.76. The highest BCUT2D eigenvalue weighted by Crippen LogP contribution is 2.36. The second-order valence-corrected chi connectivity index (χ2v) is 9.80. The molecular formula is C25H49NO2. The Hall–Kier alpha value is -0.570. The summed E-state index contributed by atoms with van der Waals surface area (Å²) in [5.74, 6) is 2.00. The Kier molecular flexibility index (Phi) is 13.1. The molecule has 1 rings (SSSR count). The molecule has 1 aliphatic heterocycles. The van der Waals surface area contributed by atoms with Crippen molar-refractivity contribution >= 4 is 5.97 Å². The summed E-state index contributed by atoms with van der Waals surface area (Å²) in [7, 11) is 1.51. The van der Waals surface area contributed by atoms with Crippen LogP contribution in [-0.2, 0) is 9.53 Å². The topological polar surface area (TPSA) is 38.3 Å². The molecule has 3 heteroatoms. The van der Waals surface area contributed by atoms with Crippen LogP contribution in [0.1, 0.15) is 111 Å². The second-order valence-electron chi connectivity index (χ2n) is 9.80. The van der Waals surface area contributed by atoms with Crippen LogP contribution in [0.5, 0.6) is 0 Å². The third-order valence-electron chi connectivity index (χ3n) is 7.39. The number of hydrogen-bond acceptors (Lipinski definition) is 3. The molecule has 0 aliphatic carbocycles. The lowest BCUT2D eigenvalue weighted by Crippen LogP contribution is -2.34. The molecule has 2 atom stereocenters. The largest absolute Gasteiger partial charge is 0.469 e. The van der Waals surface area contributed by atoms with Gasteiger partial charge in [-0.25, -0.2) is 0 Å². The number of esters is 1. The lowest BCUT2D eigenvalue weighted by atomic mass is 9.73. The molecule has 166 valence electrons. The van der Waals surface area contributed by atoms with E-state index in [4.69, 9.17) is 4.74 Å². The molecule has 1 saturated heterocycles. The van der Waals surface area contributed by atoms with Gasteiger partial charge in [0, 0.05) is 0 Å². The average molecular weight is 396 g/mol. The number of hydrogen-bond donors (Lipinski definition) is 1. The lowest BCUT2D eigenvalue weighted by molar-refractivity contribution is -0.153. The normalized spacial score (nSPS) is 18.0. The van der Waals surface area contributed by atoms with Crippen molar-refractivity contribution in [2.24, 2.45) is 23.2 Å². The van der Waals surface area contributed by atoms with Crippen LogP contribution in [0.2, 0.25) is 0 Å². The van der Waals surface area contributed by atoms with Gasteiger partial charge >= 0.3 is 5.97 Å². The molecule has 3 nitrogen and oxygen atoms in total. The van der Waals surface area contributed by atoms with Gasteiger partial charge in [-0.2, -0.15) is 0 Å². The fraction of sp³-hybridized carbons (Fsp3) is 0.960. The van der Waals surface area contributed by atoms with E-state index in [0.29, 0.717) is 5.92 Å². The summed E-state index contributed by atoms with van der Waals surface area (Å²) in [4.78, 5) is 12.1. The quantitative estimate of drug-likeness (QED) is 0.246. The van der Waals surface area contributed by atoms with E-state index in [0.717, 1.165) is 18.3 Å². The smallest absolute Gasteiger partial charge is 0.311 e. The molecule has 1 fully saturated rings. The van der Waals surface area contributed by atoms with Crippen LogP contribution in [0.25, 0.3) is 0 Å². The number of piperidine rings is 1. The Balaban J connectivity index is 2.41. The van der Waals surface area contributed by atoms with Crippen molar-refractivity contribution in [3.05, 3.63) is 0 Å². The van der Waals surface area contributed by atoms with Gasteiger partial charge in [-0.3, -0.25) is 4.79 Å². The molecule has 0 spiro atoms. The van der Waals surface area contributed by atoms with Crippen molar-refractivity contribution in [1.82, 2.24) is 5.32 Å². The van der Waals surface area contributed by atoms with E-state index >= 15 is 0 Å². The number of carbonyl (C=O) groups is 1. The minimum atomic E-state index is -0.383. The maximum absolute atomic E-state index is 12.1. The first-order valence-corrected chi connectivity index (χ1v) is 12.2. The second kappa shape index (κ2) is 14.4. The Bertz CT molecular complexity index is 401. The van der Waals surface area contributed by atoms with E-state index in [-0.39, 0.29) is 11.4 Å². The van der Waals surface area contributed by atoms with Crippen LogP contribution in [-0.4, -0.2) is 26.2 Å². The molecular weight excluding hydrogens is 346 g/mol. The molecule has 0 saturated carbocycles. The first kappa shape index (κ1) is 25.5. The standard InChI is InChI=1S/C25H49NO2/c1-6-7-8-9-10-11-12-13-14-22(23-17-19-26-20-18-23)16-15-21(2)25(3,4)24(27)28-5/h21-23,26H,6-20H2,1-5H3. The minimum absolute atomic E-state index is 0.0681. The Morgan fingerprint density at radius 3 is 2.11 bits per heavy atom. The fourth-order valence-corrected chi connectivity index (χ4v) is 4.76. The molecule has 0 amide bonds. The number of nitrogens with one attached hydrogen (secondary N) is 1. The summed E-state index contributed by atoms with van der Waals surface area (Å²) in [6.45, 7) is 11.0. The summed E-state index contributed by atoms with van der Waals surface area (Å²) in [6.07, 6.45) is 17.6. The van der Waals surface area contributed by atoms with Crippen LogP contribution in [0.4, 0.5) is 0 Å². The predicted octanol–water partition coefficient (Wildman–Crippen LogP) is 6.75. The van der Waals surface area contributed by atoms with Gasteiger partial charge in [0.15, 0.2) is 0 Å². The van der Waals surface area contributed by atoms with Gasteiger partial charge in [-0.05, 0) is 70.4 Å². The minimum Gasteiger partial charge on any atom is -0.469 e. The zero-order valence-electron chi connectivity index (χ0n) is 19.7. The number of unbranched alkanes of at least 4 members (excludes halogenated alkanes) is 7. The van der Waals surface area contributed by atoms with Crippen molar-refractivity contribution in [1.29, 1.82) is 0 Å². The van der Waals surface area contributed by atoms with Crippen molar-refractivity contribution in [3.63, 3.8) is 0 Å². The number of carbonyl (C=O) groups excluding carboxylic acids is 1. The Morgan fingerprint density at radius 1 is 0.964 bits per heavy atom. The lowest BCUT2D eigenvalue weighted by Gasteiger charge is -2.34. The van der Waals surface area contributed by atoms with Gasteiger partial charge in [0.25, 0.3) is 0 Å². The molecule has 0 aromatic heterocycles. The van der Waals surface area contributed by atoms with Crippen molar-refractivity contribution in [2.45, 2.75) is 111 Å². The van der Waals surface area contributed by atoms with Gasteiger partial charge in [0.1, 0.15) is 0 Å². The molecule has 0 aromatic carbocycles. The van der Waals surface area contributed by atoms with Gasteiger partial charge in [-0.15, -0.1) is 0 Å². The van der Waals surface area contributed by atoms with Gasteiger partial charge in [0.05, 0.1) is 12.5 Å². The highest BCUT2D eigenvalue weighted by Gasteiger charge is 2.35. The van der Waals surface area contributed by atoms with Crippen molar-refractivity contribution < 1.29 is 9.53 Å². The molecule has 0 radical (unpaired) electrons. The fourth-order valence-electron chi connectivity index (χ4n) is 4.76. The Morgan fingerprint density at radius 2 is 1.54 bits per heavy atom. The summed E-state index contributed by atoms with van der Waals surface area (Å²) in [5.41, 5.74) is -0.383. The SMILES string of the molecule is CCCCCCCCCCC(CCC(C)C(C)(C)C(=O)OC)C1CCNCC1. The first-order chi connectivity index (χ1) is 13.4. The van der Waals surface area contributed by atoms with E-state index < -0.39 is 0 Å². The number of rotatable bonds is 15. The van der Waals surface area contributed by atoms with E-state index in [1.807, 2.05) is 13.8 Å². The summed E-state index contributed by atoms with van der Waals surface area (Å²) < 4.78 is 5.04. The maximum atomic E-state index is 12.1. The van der Waals surface area contributed by atoms with Crippen molar-refractivity contribution in [3.8, 4) is 0 Å². The summed E-state index contributed by atoms with van der Waals surface area (Å²) in [5, 5.41) is 3.52. The van der Waals surface area contributed by atoms with E-state index in [1.54, 1.807) is 0 Å². The van der Waals surface area contributed by atoms with Crippen molar-refractivity contribution in [2.75, 3.05) is 20.2 Å². The molecule has 0 aromatic rings. The molecule has 1 heterocycles. The molecule has 2 unspecified atom stereocenters. The summed E-state index contributed by atoms with van der Waals surface area (Å²) in [6, 6.07) is 0. The first-order valence-electron chi connectivity index (χ1n) is 12.2. The monoisotopic (exact) mass is 395 g/mol. The van der Waals surface area contributed by atoms with Gasteiger partial charge in [0.2, 0.25) is 0 Å². The third kappa shape index (κ3) is 9.29. The summed E-state index contributed by atoms with van der Waals surface area (Å²) >= 11 is 0. The van der Waals surface area contributed by atoms with E-state index in [2.05, 4.69) is 19.2 Å². The number of ether oxygens (including phenoxy) is 1. The van der Waals surface area contributed by atoms with Crippen LogP contribution in [0.15, 0.2) is 0 Å². The maximum Gasteiger partial charge on any atom is 0.311 e. The number of methoxy groups -OCH3 is 1. The van der Waals surface area contributed by atoms with Gasteiger partial charge < -0.3 is 10.1 Å². The van der Waals surface area contributed by atoms with Crippen LogP contribution in [0, 0.1) is 23.2 Å². The van der Waals surface area contributed by atoms with Gasteiger partial charge in [-0.1, -0.05) is 71.6 Å². The van der Waals surface area contributed by atoms with Crippen LogP contribution < -0.4 is 5.32 Å². The molecule has 1 aliphatic rings. The predicted molar refractivity (Wildman–Crippen MR) is 121 cm³/mol. The highest BCUT2D eigenvalue weighted by atomic mass is 16.5. The van der Waals surface area contributed by atoms with Crippen LogP contribution >= 0.6 is 0 Å². The van der Waals surface area contributed by atoms with E-state index in [9.17, 15) is 4.79 Å². The zero-order valence-corrected chi connectivity index (χ0v) is 19.7. The average Bonchev–Trinajstić information content (AvgIpc) is 2.71. The third-order valence-corrected chi connectivity index (χ3v) is 7.39. The molecule has 0 bridgehead atoms. The molecule has 1 N–H and O–H groups in total.